The average molecular weight is 593 g/mol. The van der Waals surface area contributed by atoms with Gasteiger partial charge in [0.25, 0.3) is 0 Å². The van der Waals surface area contributed by atoms with E-state index in [4.69, 9.17) is 21.1 Å². The van der Waals surface area contributed by atoms with Crippen LogP contribution in [-0.4, -0.2) is 61.0 Å². The Kier molecular flexibility index (Phi) is 9.24. The predicted molar refractivity (Wildman–Crippen MR) is 160 cm³/mol. The highest BCUT2D eigenvalue weighted by atomic mass is 35.5. The van der Waals surface area contributed by atoms with Crippen molar-refractivity contribution in [1.82, 2.24) is 30.2 Å². The molecular weight excluding hydrogens is 564 g/mol. The van der Waals surface area contributed by atoms with Gasteiger partial charge in [-0.1, -0.05) is 37.6 Å². The number of nitriles is 1. The van der Waals surface area contributed by atoms with Gasteiger partial charge < -0.3 is 14.0 Å². The molecule has 1 unspecified atom stereocenters. The van der Waals surface area contributed by atoms with Gasteiger partial charge in [0.2, 0.25) is 18.0 Å². The van der Waals surface area contributed by atoms with Gasteiger partial charge >= 0.3 is 0 Å². The summed E-state index contributed by atoms with van der Waals surface area (Å²) in [5.74, 6) is 1.43. The second kappa shape index (κ2) is 12.8. The van der Waals surface area contributed by atoms with Gasteiger partial charge in [0.05, 0.1) is 23.4 Å². The van der Waals surface area contributed by atoms with Crippen molar-refractivity contribution in [1.29, 1.82) is 5.26 Å². The van der Waals surface area contributed by atoms with Crippen LogP contribution in [-0.2, 0) is 4.74 Å². The Labute approximate surface area is 244 Å². The fraction of sp³-hybridized carbons (Fsp3) is 0.214. The number of aromatic nitrogens is 5. The highest BCUT2D eigenvalue weighted by molar-refractivity contribution is 8.28. The SMILES string of the molecule is CC.COc1cc(C2=NNC(/C(C#N)=C\c3nnc(-c4ccc(S(C)(C)O)cn4)n3-c3ccccc3Cl)O2)ccn1. The molecule has 1 aliphatic rings. The van der Waals surface area contributed by atoms with Gasteiger partial charge in [-0.2, -0.15) is 5.26 Å². The zero-order valence-corrected chi connectivity index (χ0v) is 24.7. The molecule has 0 bridgehead atoms. The molecule has 4 heterocycles. The van der Waals surface area contributed by atoms with E-state index in [0.29, 0.717) is 39.5 Å². The summed E-state index contributed by atoms with van der Waals surface area (Å²) in [5.41, 5.74) is 4.80. The molecule has 0 saturated heterocycles. The third kappa shape index (κ3) is 6.49. The van der Waals surface area contributed by atoms with E-state index < -0.39 is 16.5 Å². The Bertz CT molecular complexity index is 1620. The first kappa shape index (κ1) is 29.5. The van der Waals surface area contributed by atoms with E-state index in [0.717, 1.165) is 4.90 Å². The van der Waals surface area contributed by atoms with Gasteiger partial charge in [-0.3, -0.25) is 15.0 Å². The van der Waals surface area contributed by atoms with Crippen LogP contribution in [0.4, 0.5) is 0 Å². The molecule has 0 spiro atoms. The van der Waals surface area contributed by atoms with E-state index in [1.165, 1.54) is 7.11 Å². The Balaban J connectivity index is 0.00000189. The third-order valence-corrected chi connectivity index (χ3v) is 7.44. The number of halogens is 1. The van der Waals surface area contributed by atoms with Crippen LogP contribution in [0.1, 0.15) is 25.2 Å². The summed E-state index contributed by atoms with van der Waals surface area (Å²) in [6.07, 6.45) is 7.42. The smallest absolute Gasteiger partial charge is 0.240 e. The summed E-state index contributed by atoms with van der Waals surface area (Å²) >= 11 is 6.56. The zero-order chi connectivity index (χ0) is 29.6. The Morgan fingerprint density at radius 2 is 1.95 bits per heavy atom. The van der Waals surface area contributed by atoms with Crippen LogP contribution in [0.2, 0.25) is 5.02 Å². The minimum Gasteiger partial charge on any atom is -0.481 e. The number of rotatable bonds is 7. The Morgan fingerprint density at radius 3 is 2.61 bits per heavy atom. The third-order valence-electron chi connectivity index (χ3n) is 5.72. The first-order valence-electron chi connectivity index (χ1n) is 12.5. The molecule has 11 nitrogen and oxygen atoms in total. The number of nitrogens with zero attached hydrogens (tertiary/aromatic N) is 7. The maximum absolute atomic E-state index is 10.4. The molecule has 41 heavy (non-hydrogen) atoms. The van der Waals surface area contributed by atoms with E-state index in [1.54, 1.807) is 59.8 Å². The number of methoxy groups -OCH3 is 1. The molecule has 2 N–H and O–H groups in total. The number of para-hydroxylation sites is 1. The molecule has 0 aliphatic carbocycles. The van der Waals surface area contributed by atoms with Gasteiger partial charge in [-0.25, -0.2) is 4.98 Å². The van der Waals surface area contributed by atoms with Crippen LogP contribution in [0, 0.1) is 11.3 Å². The molecular formula is C28H29ClN8O3S. The predicted octanol–water partition coefficient (Wildman–Crippen LogP) is 5.52. The lowest BCUT2D eigenvalue weighted by molar-refractivity contribution is 0.231. The van der Waals surface area contributed by atoms with Crippen molar-refractivity contribution in [3.05, 3.63) is 82.9 Å². The van der Waals surface area contributed by atoms with E-state index >= 15 is 0 Å². The molecule has 1 aromatic carbocycles. The van der Waals surface area contributed by atoms with Gasteiger partial charge in [0, 0.05) is 35.0 Å². The fourth-order valence-corrected chi connectivity index (χ4v) is 4.67. The topological polar surface area (TPSA) is 143 Å². The number of ether oxygens (including phenoxy) is 2. The molecule has 13 heteroatoms. The molecule has 3 aromatic heterocycles. The maximum Gasteiger partial charge on any atom is 0.240 e. The molecule has 0 fully saturated rings. The highest BCUT2D eigenvalue weighted by Gasteiger charge is 2.27. The van der Waals surface area contributed by atoms with Gasteiger partial charge in [0.15, 0.2) is 11.6 Å². The van der Waals surface area contributed by atoms with Crippen LogP contribution in [0.3, 0.4) is 0 Å². The van der Waals surface area contributed by atoms with E-state index in [1.807, 2.05) is 38.1 Å². The minimum absolute atomic E-state index is 0.205. The van der Waals surface area contributed by atoms with Crippen molar-refractivity contribution in [2.45, 2.75) is 25.0 Å². The summed E-state index contributed by atoms with van der Waals surface area (Å²) in [6.45, 7) is 4.00. The number of hydrogen-bond donors (Lipinski definition) is 2. The summed E-state index contributed by atoms with van der Waals surface area (Å²) in [5, 5.41) is 23.4. The number of pyridine rings is 2. The van der Waals surface area contributed by atoms with Crippen LogP contribution < -0.4 is 10.2 Å². The van der Waals surface area contributed by atoms with Crippen molar-refractivity contribution in [2.24, 2.45) is 5.10 Å². The number of hydrogen-bond acceptors (Lipinski definition) is 10. The normalized spacial score (nSPS) is 15.0. The number of nitrogens with one attached hydrogen (secondary N) is 1. The number of benzene rings is 1. The molecule has 0 amide bonds. The van der Waals surface area contributed by atoms with Gasteiger partial charge in [-0.15, -0.1) is 25.6 Å². The standard InChI is InChI=1S/C26H23ClN8O3S.C2H6/c1-37-23-13-16(10-11-29-23)25-33-34-26(38-25)17(14-28)12-22-31-32-24(35(22)21-7-5-4-6-19(21)27)20-9-8-18(15-30-20)39(2,3)36;1-2/h4-13,15,26,34,36H,1-3H3;1-2H3/b17-12-;. The summed E-state index contributed by atoms with van der Waals surface area (Å²) in [7, 11) is -0.421. The average Bonchev–Trinajstić information content (AvgIpc) is 3.65. The zero-order valence-electron chi connectivity index (χ0n) is 23.1. The minimum atomic E-state index is -1.94. The van der Waals surface area contributed by atoms with Crippen molar-refractivity contribution in [3.8, 4) is 29.2 Å². The first-order valence-corrected chi connectivity index (χ1v) is 15.3. The van der Waals surface area contributed by atoms with E-state index in [-0.39, 0.29) is 11.5 Å². The first-order chi connectivity index (χ1) is 19.8. The van der Waals surface area contributed by atoms with Crippen LogP contribution >= 0.6 is 21.9 Å². The quantitative estimate of drug-likeness (QED) is 0.265. The van der Waals surface area contributed by atoms with Gasteiger partial charge in [-0.05, 0) is 42.8 Å². The number of hydrazone groups is 1. The fourth-order valence-electron chi connectivity index (χ4n) is 3.74. The highest BCUT2D eigenvalue weighted by Crippen LogP contribution is 2.44. The summed E-state index contributed by atoms with van der Waals surface area (Å²) in [4.78, 5) is 9.33. The summed E-state index contributed by atoms with van der Waals surface area (Å²) < 4.78 is 23.2. The van der Waals surface area contributed by atoms with Crippen molar-refractivity contribution in [3.63, 3.8) is 0 Å². The lowest BCUT2D eigenvalue weighted by Crippen LogP contribution is -2.24. The lowest BCUT2D eigenvalue weighted by Gasteiger charge is -2.23. The Morgan fingerprint density at radius 1 is 1.17 bits per heavy atom. The monoisotopic (exact) mass is 592 g/mol. The van der Waals surface area contributed by atoms with Crippen LogP contribution in [0.5, 0.6) is 5.88 Å². The molecule has 212 valence electrons. The van der Waals surface area contributed by atoms with Crippen molar-refractivity contribution < 1.29 is 14.0 Å². The molecule has 1 atom stereocenters. The molecule has 5 rings (SSSR count). The maximum atomic E-state index is 10.4. The largest absolute Gasteiger partial charge is 0.481 e. The Hall–Kier alpha value is -4.44. The van der Waals surface area contributed by atoms with E-state index in [9.17, 15) is 9.81 Å². The van der Waals surface area contributed by atoms with Crippen molar-refractivity contribution in [2.75, 3.05) is 19.6 Å². The van der Waals surface area contributed by atoms with E-state index in [2.05, 4.69) is 36.8 Å². The molecule has 4 aromatic rings. The lowest BCUT2D eigenvalue weighted by atomic mass is 10.2. The summed E-state index contributed by atoms with van der Waals surface area (Å²) in [6, 6.07) is 16.3. The molecule has 0 radical (unpaired) electrons. The molecule has 1 aliphatic heterocycles. The van der Waals surface area contributed by atoms with Crippen LogP contribution in [0.15, 0.2) is 76.5 Å². The van der Waals surface area contributed by atoms with Gasteiger partial charge in [0.1, 0.15) is 11.8 Å². The second-order valence-corrected chi connectivity index (χ2v) is 12.1. The van der Waals surface area contributed by atoms with Crippen LogP contribution in [0.25, 0.3) is 23.3 Å². The van der Waals surface area contributed by atoms with Crippen molar-refractivity contribution >= 4 is 33.9 Å². The molecule has 0 saturated carbocycles. The second-order valence-electron chi connectivity index (χ2n) is 8.66.